The minimum Gasteiger partial charge on any atom is -0.479 e. The molecule has 0 spiro atoms. The topological polar surface area (TPSA) is 127 Å². The number of nitrogens with two attached hydrogens (primary N) is 1. The molecule has 2 aromatic rings. The summed E-state index contributed by atoms with van der Waals surface area (Å²) in [4.78, 5) is 22.3. The van der Waals surface area contributed by atoms with Gasteiger partial charge in [0.25, 0.3) is 0 Å². The number of aryl methyl sites for hydroxylation is 1. The fraction of sp³-hybridized carbons (Fsp3) is 0.333. The fourth-order valence-corrected chi connectivity index (χ4v) is 1.45. The smallest absolute Gasteiger partial charge is 0.332 e. The highest BCUT2D eigenvalue weighted by atomic mass is 16.4. The van der Waals surface area contributed by atoms with E-state index in [-0.39, 0.29) is 12.2 Å². The van der Waals surface area contributed by atoms with E-state index in [2.05, 4.69) is 15.0 Å². The first-order valence-electron chi connectivity index (χ1n) is 4.91. The lowest BCUT2D eigenvalue weighted by molar-refractivity contribution is -0.147. The summed E-state index contributed by atoms with van der Waals surface area (Å²) in [5, 5.41) is 17.7. The summed E-state index contributed by atoms with van der Waals surface area (Å²) in [7, 11) is 0. The van der Waals surface area contributed by atoms with Crippen LogP contribution in [0.5, 0.6) is 0 Å². The van der Waals surface area contributed by atoms with Crippen LogP contribution in [0.1, 0.15) is 6.42 Å². The largest absolute Gasteiger partial charge is 0.479 e. The molecule has 8 nitrogen and oxygen atoms in total. The molecule has 2 rings (SSSR count). The second kappa shape index (κ2) is 4.34. The van der Waals surface area contributed by atoms with Gasteiger partial charge in [-0.05, 0) is 0 Å². The van der Waals surface area contributed by atoms with E-state index in [1.807, 2.05) is 0 Å². The molecule has 2 aromatic heterocycles. The van der Waals surface area contributed by atoms with E-state index in [4.69, 9.17) is 15.9 Å². The number of fused-ring (bicyclic) bond motifs is 1. The normalized spacial score (nSPS) is 12.8. The number of aliphatic hydroxyl groups excluding tert-OH is 1. The maximum absolute atomic E-state index is 10.5. The monoisotopic (exact) mass is 237 g/mol. The highest BCUT2D eigenvalue weighted by molar-refractivity contribution is 5.81. The zero-order valence-electron chi connectivity index (χ0n) is 8.82. The molecule has 0 radical (unpaired) electrons. The van der Waals surface area contributed by atoms with E-state index < -0.39 is 12.1 Å². The highest BCUT2D eigenvalue weighted by Crippen LogP contribution is 2.14. The van der Waals surface area contributed by atoms with Gasteiger partial charge in [0.1, 0.15) is 11.8 Å². The van der Waals surface area contributed by atoms with Gasteiger partial charge in [-0.25, -0.2) is 19.7 Å². The maximum Gasteiger partial charge on any atom is 0.332 e. The summed E-state index contributed by atoms with van der Waals surface area (Å²) in [6.45, 7) is 0.292. The molecule has 17 heavy (non-hydrogen) atoms. The average Bonchev–Trinajstić information content (AvgIpc) is 2.70. The number of carbonyl (C=O) groups is 1. The van der Waals surface area contributed by atoms with E-state index in [0.717, 1.165) is 0 Å². The third-order valence-electron chi connectivity index (χ3n) is 2.36. The zero-order chi connectivity index (χ0) is 12.4. The molecule has 0 saturated carbocycles. The van der Waals surface area contributed by atoms with Gasteiger partial charge in [0.05, 0.1) is 6.33 Å². The Morgan fingerprint density at radius 2 is 2.24 bits per heavy atom. The van der Waals surface area contributed by atoms with Crippen LogP contribution >= 0.6 is 0 Å². The third-order valence-corrected chi connectivity index (χ3v) is 2.36. The first-order valence-corrected chi connectivity index (χ1v) is 4.91. The number of hydrogen-bond acceptors (Lipinski definition) is 6. The number of nitrogen functional groups attached to an aromatic ring is 1. The number of hydrogen-bond donors (Lipinski definition) is 3. The van der Waals surface area contributed by atoms with Crippen LogP contribution in [0.2, 0.25) is 0 Å². The molecular weight excluding hydrogens is 226 g/mol. The standard InChI is InChI=1S/C9H11N5O3/c10-7-6-8(12-3-11-7)14(4-13-6)2-1-5(15)9(16)17/h3-5,15H,1-2H2,(H,16,17)(H2,10,11,12)/t5-/m0/s1. The van der Waals surface area contributed by atoms with Crippen molar-refractivity contribution in [3.05, 3.63) is 12.7 Å². The van der Waals surface area contributed by atoms with E-state index in [1.54, 1.807) is 4.57 Å². The Bertz CT molecular complexity index is 553. The summed E-state index contributed by atoms with van der Waals surface area (Å²) in [6, 6.07) is 0. The number of aliphatic hydroxyl groups is 1. The molecule has 0 unspecified atom stereocenters. The van der Waals surface area contributed by atoms with Crippen molar-refractivity contribution in [1.82, 2.24) is 19.5 Å². The molecule has 0 bridgehead atoms. The predicted octanol–water partition coefficient (Wildman–Crippen LogP) is -0.756. The molecule has 0 aliphatic heterocycles. The zero-order valence-corrected chi connectivity index (χ0v) is 8.82. The molecule has 0 saturated heterocycles. The number of carboxylic acids is 1. The van der Waals surface area contributed by atoms with Gasteiger partial charge >= 0.3 is 5.97 Å². The molecular formula is C9H11N5O3. The number of aliphatic carboxylic acids is 1. The van der Waals surface area contributed by atoms with Gasteiger partial charge in [0, 0.05) is 13.0 Å². The second-order valence-electron chi connectivity index (χ2n) is 3.51. The quantitative estimate of drug-likeness (QED) is 0.637. The second-order valence-corrected chi connectivity index (χ2v) is 3.51. The molecule has 4 N–H and O–H groups in total. The van der Waals surface area contributed by atoms with Crippen molar-refractivity contribution in [3.8, 4) is 0 Å². The fourth-order valence-electron chi connectivity index (χ4n) is 1.45. The Labute approximate surface area is 95.7 Å². The number of aromatic nitrogens is 4. The number of carboxylic acid groups (broad SMARTS) is 1. The number of imidazole rings is 1. The van der Waals surface area contributed by atoms with Crippen LogP contribution < -0.4 is 5.73 Å². The first-order chi connectivity index (χ1) is 8.09. The molecule has 1 atom stereocenters. The lowest BCUT2D eigenvalue weighted by atomic mass is 10.2. The Morgan fingerprint density at radius 3 is 2.94 bits per heavy atom. The number of rotatable bonds is 4. The van der Waals surface area contributed by atoms with Crippen molar-refractivity contribution < 1.29 is 15.0 Å². The lowest BCUT2D eigenvalue weighted by Crippen LogP contribution is -2.21. The van der Waals surface area contributed by atoms with Crippen LogP contribution in [0.15, 0.2) is 12.7 Å². The van der Waals surface area contributed by atoms with Gasteiger partial charge in [0.15, 0.2) is 17.6 Å². The minimum atomic E-state index is -1.40. The van der Waals surface area contributed by atoms with Gasteiger partial charge in [-0.1, -0.05) is 0 Å². The van der Waals surface area contributed by atoms with E-state index in [1.165, 1.54) is 12.7 Å². The molecule has 0 fully saturated rings. The van der Waals surface area contributed by atoms with Crippen molar-refractivity contribution in [2.75, 3.05) is 5.73 Å². The average molecular weight is 237 g/mol. The first kappa shape index (κ1) is 11.3. The molecule has 0 aromatic carbocycles. The van der Waals surface area contributed by atoms with Gasteiger partial charge in [-0.3, -0.25) is 0 Å². The summed E-state index contributed by atoms with van der Waals surface area (Å²) in [5.41, 5.74) is 6.60. The Hall–Kier alpha value is -2.22. The Balaban J connectivity index is 2.20. The van der Waals surface area contributed by atoms with Crippen LogP contribution in [0.3, 0.4) is 0 Å². The number of nitrogens with zero attached hydrogens (tertiary/aromatic N) is 4. The van der Waals surface area contributed by atoms with E-state index in [0.29, 0.717) is 17.7 Å². The van der Waals surface area contributed by atoms with Crippen molar-refractivity contribution >= 4 is 23.0 Å². The molecule has 2 heterocycles. The predicted molar refractivity (Wildman–Crippen MR) is 58.0 cm³/mol. The van der Waals surface area contributed by atoms with Crippen LogP contribution in [0.25, 0.3) is 11.2 Å². The van der Waals surface area contributed by atoms with Crippen LogP contribution in [-0.4, -0.2) is 41.8 Å². The van der Waals surface area contributed by atoms with Crippen molar-refractivity contribution in [1.29, 1.82) is 0 Å². The summed E-state index contributed by atoms with van der Waals surface area (Å²) in [5.74, 6) is -0.976. The molecule has 0 aliphatic rings. The van der Waals surface area contributed by atoms with Crippen molar-refractivity contribution in [2.45, 2.75) is 19.1 Å². The van der Waals surface area contributed by atoms with Crippen LogP contribution in [-0.2, 0) is 11.3 Å². The third kappa shape index (κ3) is 2.16. The van der Waals surface area contributed by atoms with Crippen molar-refractivity contribution in [2.24, 2.45) is 0 Å². The van der Waals surface area contributed by atoms with Gasteiger partial charge < -0.3 is 20.5 Å². The van der Waals surface area contributed by atoms with Gasteiger partial charge in [-0.15, -0.1) is 0 Å². The Morgan fingerprint density at radius 1 is 1.47 bits per heavy atom. The molecule has 0 aliphatic carbocycles. The molecule has 8 heteroatoms. The number of anilines is 1. The SMILES string of the molecule is Nc1ncnc2c1ncn2CC[C@H](O)C(=O)O. The Kier molecular flexibility index (Phi) is 2.88. The van der Waals surface area contributed by atoms with Crippen LogP contribution in [0.4, 0.5) is 5.82 Å². The highest BCUT2D eigenvalue weighted by Gasteiger charge is 2.14. The summed E-state index contributed by atoms with van der Waals surface area (Å²) < 4.78 is 1.62. The molecule has 0 amide bonds. The summed E-state index contributed by atoms with van der Waals surface area (Å²) in [6.07, 6.45) is 1.48. The van der Waals surface area contributed by atoms with Gasteiger partial charge in [0.2, 0.25) is 0 Å². The minimum absolute atomic E-state index is 0.0741. The van der Waals surface area contributed by atoms with Crippen molar-refractivity contribution in [3.63, 3.8) is 0 Å². The summed E-state index contributed by atoms with van der Waals surface area (Å²) >= 11 is 0. The maximum atomic E-state index is 10.5. The lowest BCUT2D eigenvalue weighted by Gasteiger charge is -2.06. The van der Waals surface area contributed by atoms with E-state index in [9.17, 15) is 4.79 Å². The van der Waals surface area contributed by atoms with Gasteiger partial charge in [-0.2, -0.15) is 0 Å². The molecule has 90 valence electrons. The van der Waals surface area contributed by atoms with E-state index >= 15 is 0 Å². The van der Waals surface area contributed by atoms with Crippen LogP contribution in [0, 0.1) is 0 Å².